The van der Waals surface area contributed by atoms with Gasteiger partial charge in [-0.3, -0.25) is 0 Å². The predicted molar refractivity (Wildman–Crippen MR) is 64.6 cm³/mol. The Bertz CT molecular complexity index is 348. The molecule has 1 aromatic rings. The number of rotatable bonds is 6. The van der Waals surface area contributed by atoms with Gasteiger partial charge in [0, 0.05) is 11.8 Å². The van der Waals surface area contributed by atoms with E-state index in [0.717, 1.165) is 17.7 Å². The first-order valence-corrected chi connectivity index (χ1v) is 5.52. The minimum Gasteiger partial charge on any atom is -0.477 e. The summed E-state index contributed by atoms with van der Waals surface area (Å²) in [5.74, 6) is 0.908. The van der Waals surface area contributed by atoms with E-state index in [4.69, 9.17) is 9.84 Å². The fourth-order valence-corrected chi connectivity index (χ4v) is 1.29. The molecule has 3 heteroatoms. The third kappa shape index (κ3) is 3.66. The highest BCUT2D eigenvalue weighted by Crippen LogP contribution is 2.19. The van der Waals surface area contributed by atoms with Crippen LogP contribution in [0, 0.1) is 0 Å². The van der Waals surface area contributed by atoms with E-state index in [2.05, 4.69) is 25.4 Å². The smallest absolute Gasteiger partial charge is 0.213 e. The van der Waals surface area contributed by atoms with E-state index >= 15 is 0 Å². The summed E-state index contributed by atoms with van der Waals surface area (Å²) < 4.78 is 5.49. The van der Waals surface area contributed by atoms with Gasteiger partial charge in [0.2, 0.25) is 5.88 Å². The van der Waals surface area contributed by atoms with Gasteiger partial charge in [-0.2, -0.15) is 0 Å². The molecule has 0 aliphatic rings. The molecule has 1 heterocycles. The summed E-state index contributed by atoms with van der Waals surface area (Å²) in [6, 6.07) is 3.68. The molecule has 0 amide bonds. The van der Waals surface area contributed by atoms with Gasteiger partial charge >= 0.3 is 0 Å². The first kappa shape index (κ1) is 12.7. The van der Waals surface area contributed by atoms with Crippen molar-refractivity contribution in [2.24, 2.45) is 0 Å². The fraction of sp³-hybridized carbons (Fsp3) is 0.462. The topological polar surface area (TPSA) is 42.4 Å². The molecule has 0 aliphatic carbocycles. The Morgan fingerprint density at radius 3 is 2.81 bits per heavy atom. The Morgan fingerprint density at radius 1 is 1.50 bits per heavy atom. The number of pyridine rings is 1. The lowest BCUT2D eigenvalue weighted by Crippen LogP contribution is -2.02. The lowest BCUT2D eigenvalue weighted by Gasteiger charge is -2.10. The van der Waals surface area contributed by atoms with E-state index < -0.39 is 0 Å². The van der Waals surface area contributed by atoms with Crippen molar-refractivity contribution in [2.75, 3.05) is 6.61 Å². The number of nitrogens with zero attached hydrogens (tertiary/aromatic N) is 1. The van der Waals surface area contributed by atoms with Crippen molar-refractivity contribution in [1.29, 1.82) is 0 Å². The number of aliphatic hydroxyl groups is 1. The average Bonchev–Trinajstić information content (AvgIpc) is 2.29. The van der Waals surface area contributed by atoms with Crippen molar-refractivity contribution < 1.29 is 9.84 Å². The van der Waals surface area contributed by atoms with E-state index in [1.165, 1.54) is 0 Å². The molecule has 3 nitrogen and oxygen atoms in total. The SMILES string of the molecule is C=CCCOc1cc(CO)cc(C(C)C)n1. The Labute approximate surface area is 96.8 Å². The monoisotopic (exact) mass is 221 g/mol. The third-order valence-electron chi connectivity index (χ3n) is 2.23. The molecule has 1 aromatic heterocycles. The summed E-state index contributed by atoms with van der Waals surface area (Å²) in [6.45, 7) is 8.35. The molecule has 88 valence electrons. The second-order valence-electron chi connectivity index (χ2n) is 3.98. The van der Waals surface area contributed by atoms with Crippen LogP contribution in [-0.4, -0.2) is 16.7 Å². The molecular formula is C13H19NO2. The van der Waals surface area contributed by atoms with E-state index in [1.54, 1.807) is 12.1 Å². The zero-order chi connectivity index (χ0) is 12.0. The van der Waals surface area contributed by atoms with E-state index in [-0.39, 0.29) is 6.61 Å². The molecule has 1 rings (SSSR count). The molecule has 0 fully saturated rings. The second-order valence-corrected chi connectivity index (χ2v) is 3.98. The van der Waals surface area contributed by atoms with Gasteiger partial charge in [0.1, 0.15) is 0 Å². The van der Waals surface area contributed by atoms with Crippen molar-refractivity contribution in [3.8, 4) is 5.88 Å². The highest BCUT2D eigenvalue weighted by molar-refractivity contribution is 5.26. The molecule has 0 saturated heterocycles. The maximum Gasteiger partial charge on any atom is 0.213 e. The van der Waals surface area contributed by atoms with Crippen molar-refractivity contribution in [2.45, 2.75) is 32.8 Å². The van der Waals surface area contributed by atoms with Gasteiger partial charge in [-0.15, -0.1) is 6.58 Å². The summed E-state index contributed by atoms with van der Waals surface area (Å²) in [5, 5.41) is 9.14. The zero-order valence-electron chi connectivity index (χ0n) is 9.94. The number of aromatic nitrogens is 1. The maximum atomic E-state index is 9.14. The van der Waals surface area contributed by atoms with Crippen molar-refractivity contribution in [1.82, 2.24) is 4.98 Å². The summed E-state index contributed by atoms with van der Waals surface area (Å²) in [7, 11) is 0. The average molecular weight is 221 g/mol. The van der Waals surface area contributed by atoms with Crippen molar-refractivity contribution >= 4 is 0 Å². The van der Waals surface area contributed by atoms with Gasteiger partial charge in [-0.1, -0.05) is 19.9 Å². The van der Waals surface area contributed by atoms with Crippen LogP contribution in [-0.2, 0) is 6.61 Å². The van der Waals surface area contributed by atoms with Gasteiger partial charge < -0.3 is 9.84 Å². The maximum absolute atomic E-state index is 9.14. The van der Waals surface area contributed by atoms with Crippen LogP contribution in [0.25, 0.3) is 0 Å². The Balaban J connectivity index is 2.82. The lowest BCUT2D eigenvalue weighted by molar-refractivity contribution is 0.277. The van der Waals surface area contributed by atoms with E-state index in [9.17, 15) is 0 Å². The third-order valence-corrected chi connectivity index (χ3v) is 2.23. The Morgan fingerprint density at radius 2 is 2.25 bits per heavy atom. The predicted octanol–water partition coefficient (Wildman–Crippen LogP) is 2.65. The van der Waals surface area contributed by atoms with Crippen LogP contribution in [0.2, 0.25) is 0 Å². The molecule has 16 heavy (non-hydrogen) atoms. The number of hydrogen-bond acceptors (Lipinski definition) is 3. The minimum absolute atomic E-state index is 0.0139. The first-order chi connectivity index (χ1) is 7.67. The number of hydrogen-bond donors (Lipinski definition) is 1. The standard InChI is InChI=1S/C13H19NO2/c1-4-5-6-16-13-8-11(9-15)7-12(14-13)10(2)3/h4,7-8,10,15H,1,5-6,9H2,2-3H3. The van der Waals surface area contributed by atoms with Crippen LogP contribution in [0.15, 0.2) is 24.8 Å². The van der Waals surface area contributed by atoms with Gasteiger partial charge in [0.05, 0.1) is 13.2 Å². The summed E-state index contributed by atoms with van der Waals surface area (Å²) in [6.07, 6.45) is 2.60. The second kappa shape index (κ2) is 6.28. The van der Waals surface area contributed by atoms with E-state index in [0.29, 0.717) is 18.4 Å². The van der Waals surface area contributed by atoms with Crippen LogP contribution < -0.4 is 4.74 Å². The van der Waals surface area contributed by atoms with Gasteiger partial charge in [-0.25, -0.2) is 4.98 Å². The van der Waals surface area contributed by atoms with Gasteiger partial charge in [-0.05, 0) is 24.0 Å². The molecule has 1 N–H and O–H groups in total. The molecule has 0 aromatic carbocycles. The molecule has 0 aliphatic heterocycles. The first-order valence-electron chi connectivity index (χ1n) is 5.52. The molecule has 0 radical (unpaired) electrons. The highest BCUT2D eigenvalue weighted by atomic mass is 16.5. The lowest BCUT2D eigenvalue weighted by atomic mass is 10.1. The Kier molecular flexibility index (Phi) is 4.99. The van der Waals surface area contributed by atoms with Crippen LogP contribution in [0.1, 0.15) is 37.4 Å². The summed E-state index contributed by atoms with van der Waals surface area (Å²) >= 11 is 0. The van der Waals surface area contributed by atoms with Crippen LogP contribution >= 0.6 is 0 Å². The van der Waals surface area contributed by atoms with Crippen LogP contribution in [0.3, 0.4) is 0 Å². The largest absolute Gasteiger partial charge is 0.477 e. The minimum atomic E-state index is 0.0139. The molecule has 0 unspecified atom stereocenters. The quantitative estimate of drug-likeness (QED) is 0.593. The molecule has 0 saturated carbocycles. The Hall–Kier alpha value is -1.35. The highest BCUT2D eigenvalue weighted by Gasteiger charge is 2.06. The van der Waals surface area contributed by atoms with E-state index in [1.807, 2.05) is 6.07 Å². The summed E-state index contributed by atoms with van der Waals surface area (Å²) in [5.41, 5.74) is 1.78. The van der Waals surface area contributed by atoms with Crippen LogP contribution in [0.5, 0.6) is 5.88 Å². The zero-order valence-corrected chi connectivity index (χ0v) is 9.94. The normalized spacial score (nSPS) is 10.5. The molecule has 0 spiro atoms. The van der Waals surface area contributed by atoms with Crippen molar-refractivity contribution in [3.63, 3.8) is 0 Å². The molecule has 0 atom stereocenters. The molecular weight excluding hydrogens is 202 g/mol. The number of aliphatic hydroxyl groups excluding tert-OH is 1. The molecule has 0 bridgehead atoms. The van der Waals surface area contributed by atoms with Crippen molar-refractivity contribution in [3.05, 3.63) is 36.0 Å². The number of ether oxygens (including phenoxy) is 1. The van der Waals surface area contributed by atoms with Crippen LogP contribution in [0.4, 0.5) is 0 Å². The fourth-order valence-electron chi connectivity index (χ4n) is 1.29. The van der Waals surface area contributed by atoms with Gasteiger partial charge in [0.15, 0.2) is 0 Å². The summed E-state index contributed by atoms with van der Waals surface area (Å²) in [4.78, 5) is 4.39. The van der Waals surface area contributed by atoms with Gasteiger partial charge in [0.25, 0.3) is 0 Å².